The number of amides is 1. The molecule has 1 amide bonds. The normalized spacial score (nSPS) is 13.0. The standard InChI is InChI=1S/C22H23N3O4/c1-27-19-7-5-4-6-16(19)17-12-18(24-23-17)22(26)25-9-8-14-10-20(28-2)21(29-3)11-15(14)13-25/h4-7,10-12H,8-9,13H2,1-3H3,(H,23,24). The van der Waals surface area contributed by atoms with E-state index in [0.29, 0.717) is 41.7 Å². The highest BCUT2D eigenvalue weighted by Gasteiger charge is 2.25. The number of rotatable bonds is 5. The molecule has 150 valence electrons. The summed E-state index contributed by atoms with van der Waals surface area (Å²) in [7, 11) is 4.85. The van der Waals surface area contributed by atoms with Crippen molar-refractivity contribution in [2.24, 2.45) is 0 Å². The van der Waals surface area contributed by atoms with Gasteiger partial charge in [-0.2, -0.15) is 5.10 Å². The third kappa shape index (κ3) is 3.51. The lowest BCUT2D eigenvalue weighted by Gasteiger charge is -2.29. The average molecular weight is 393 g/mol. The molecule has 7 heteroatoms. The van der Waals surface area contributed by atoms with Gasteiger partial charge >= 0.3 is 0 Å². The maximum Gasteiger partial charge on any atom is 0.272 e. The Morgan fingerprint density at radius 1 is 0.966 bits per heavy atom. The molecule has 0 atom stereocenters. The molecule has 7 nitrogen and oxygen atoms in total. The van der Waals surface area contributed by atoms with Gasteiger partial charge in [0, 0.05) is 18.7 Å². The lowest BCUT2D eigenvalue weighted by molar-refractivity contribution is 0.0728. The van der Waals surface area contributed by atoms with Gasteiger partial charge in [-0.15, -0.1) is 0 Å². The average Bonchev–Trinajstić information content (AvgIpc) is 3.27. The summed E-state index contributed by atoms with van der Waals surface area (Å²) in [6, 6.07) is 13.3. The zero-order valence-corrected chi connectivity index (χ0v) is 16.7. The zero-order chi connectivity index (χ0) is 20.4. The van der Waals surface area contributed by atoms with Crippen LogP contribution in [0.25, 0.3) is 11.3 Å². The number of methoxy groups -OCH3 is 3. The monoisotopic (exact) mass is 393 g/mol. The number of H-pyrrole nitrogens is 1. The van der Waals surface area contributed by atoms with E-state index in [1.165, 1.54) is 5.56 Å². The molecule has 0 fully saturated rings. The molecule has 0 saturated carbocycles. The van der Waals surface area contributed by atoms with Gasteiger partial charge in [-0.3, -0.25) is 9.89 Å². The van der Waals surface area contributed by atoms with Crippen LogP contribution in [0.2, 0.25) is 0 Å². The first-order valence-corrected chi connectivity index (χ1v) is 9.36. The van der Waals surface area contributed by atoms with Crippen molar-refractivity contribution in [3.63, 3.8) is 0 Å². The number of benzene rings is 2. The Hall–Kier alpha value is -3.48. The van der Waals surface area contributed by atoms with Crippen molar-refractivity contribution in [1.29, 1.82) is 0 Å². The van der Waals surface area contributed by atoms with E-state index in [9.17, 15) is 4.79 Å². The summed E-state index contributed by atoms with van der Waals surface area (Å²) in [5.74, 6) is 2.01. The topological polar surface area (TPSA) is 76.7 Å². The van der Waals surface area contributed by atoms with Crippen LogP contribution < -0.4 is 14.2 Å². The lowest BCUT2D eigenvalue weighted by atomic mass is 9.98. The van der Waals surface area contributed by atoms with E-state index in [2.05, 4.69) is 10.2 Å². The van der Waals surface area contributed by atoms with Gasteiger partial charge in [0.1, 0.15) is 11.4 Å². The van der Waals surface area contributed by atoms with Crippen LogP contribution in [-0.4, -0.2) is 48.9 Å². The summed E-state index contributed by atoms with van der Waals surface area (Å²) >= 11 is 0. The van der Waals surface area contributed by atoms with E-state index < -0.39 is 0 Å². The Bertz CT molecular complexity index is 1040. The van der Waals surface area contributed by atoms with E-state index in [-0.39, 0.29) is 5.91 Å². The maximum atomic E-state index is 13.1. The highest BCUT2D eigenvalue weighted by atomic mass is 16.5. The number of nitrogens with zero attached hydrogens (tertiary/aromatic N) is 2. The number of para-hydroxylation sites is 1. The van der Waals surface area contributed by atoms with Gasteiger partial charge in [0.05, 0.1) is 27.0 Å². The Morgan fingerprint density at radius 2 is 1.66 bits per heavy atom. The van der Waals surface area contributed by atoms with Crippen molar-refractivity contribution in [2.75, 3.05) is 27.9 Å². The van der Waals surface area contributed by atoms with E-state index in [1.54, 1.807) is 27.4 Å². The fourth-order valence-corrected chi connectivity index (χ4v) is 3.65. The van der Waals surface area contributed by atoms with Gasteiger partial charge < -0.3 is 19.1 Å². The van der Waals surface area contributed by atoms with Gasteiger partial charge in [-0.25, -0.2) is 0 Å². The minimum Gasteiger partial charge on any atom is -0.496 e. The van der Waals surface area contributed by atoms with Gasteiger partial charge in [0.25, 0.3) is 5.91 Å². The maximum absolute atomic E-state index is 13.1. The van der Waals surface area contributed by atoms with Gasteiger partial charge in [0.15, 0.2) is 11.5 Å². The summed E-state index contributed by atoms with van der Waals surface area (Å²) in [5.41, 5.74) is 4.20. The molecule has 0 bridgehead atoms. The van der Waals surface area contributed by atoms with Crippen LogP contribution in [0, 0.1) is 0 Å². The van der Waals surface area contributed by atoms with E-state index in [4.69, 9.17) is 14.2 Å². The van der Waals surface area contributed by atoms with Crippen LogP contribution >= 0.6 is 0 Å². The molecule has 29 heavy (non-hydrogen) atoms. The van der Waals surface area contributed by atoms with Gasteiger partial charge in [-0.05, 0) is 47.9 Å². The van der Waals surface area contributed by atoms with Crippen molar-refractivity contribution in [2.45, 2.75) is 13.0 Å². The fourth-order valence-electron chi connectivity index (χ4n) is 3.65. The molecule has 1 aliphatic rings. The van der Waals surface area contributed by atoms with Crippen LogP contribution in [-0.2, 0) is 13.0 Å². The second-order valence-corrected chi connectivity index (χ2v) is 6.82. The first-order chi connectivity index (χ1) is 14.1. The number of hydrogen-bond acceptors (Lipinski definition) is 5. The molecule has 2 heterocycles. The molecule has 0 saturated heterocycles. The first-order valence-electron chi connectivity index (χ1n) is 9.36. The molecule has 0 spiro atoms. The Kier molecular flexibility index (Phi) is 5.12. The largest absolute Gasteiger partial charge is 0.496 e. The molecular weight excluding hydrogens is 370 g/mol. The van der Waals surface area contributed by atoms with Crippen molar-refractivity contribution >= 4 is 5.91 Å². The Morgan fingerprint density at radius 3 is 2.38 bits per heavy atom. The molecule has 2 aromatic carbocycles. The Labute approximate surface area is 169 Å². The summed E-state index contributed by atoms with van der Waals surface area (Å²) in [6.07, 6.45) is 0.759. The summed E-state index contributed by atoms with van der Waals surface area (Å²) < 4.78 is 16.2. The summed E-state index contributed by atoms with van der Waals surface area (Å²) in [4.78, 5) is 14.9. The lowest BCUT2D eigenvalue weighted by Crippen LogP contribution is -2.36. The molecule has 3 aromatic rings. The number of carbonyl (C=O) groups excluding carboxylic acids is 1. The number of nitrogens with one attached hydrogen (secondary N) is 1. The van der Waals surface area contributed by atoms with E-state index in [1.807, 2.05) is 41.3 Å². The predicted octanol–water partition coefficient (Wildman–Crippen LogP) is 3.30. The predicted molar refractivity (Wildman–Crippen MR) is 109 cm³/mol. The highest BCUT2D eigenvalue weighted by Crippen LogP contribution is 2.34. The summed E-state index contributed by atoms with van der Waals surface area (Å²) in [6.45, 7) is 1.14. The molecule has 1 aromatic heterocycles. The molecule has 4 rings (SSSR count). The van der Waals surface area contributed by atoms with Crippen LogP contribution in [0.4, 0.5) is 0 Å². The zero-order valence-electron chi connectivity index (χ0n) is 16.7. The van der Waals surface area contributed by atoms with E-state index >= 15 is 0 Å². The summed E-state index contributed by atoms with van der Waals surface area (Å²) in [5, 5.41) is 7.19. The van der Waals surface area contributed by atoms with Crippen LogP contribution in [0.3, 0.4) is 0 Å². The third-order valence-corrected chi connectivity index (χ3v) is 5.20. The molecule has 1 N–H and O–H groups in total. The minimum atomic E-state index is -0.0842. The number of hydrogen-bond donors (Lipinski definition) is 1. The van der Waals surface area contributed by atoms with E-state index in [0.717, 1.165) is 17.5 Å². The van der Waals surface area contributed by atoms with Crippen molar-refractivity contribution in [3.8, 4) is 28.5 Å². The molecular formula is C22H23N3O4. The molecule has 0 aliphatic carbocycles. The number of carbonyl (C=O) groups is 1. The number of ether oxygens (including phenoxy) is 3. The number of aromatic amines is 1. The quantitative estimate of drug-likeness (QED) is 0.720. The number of fused-ring (bicyclic) bond motifs is 1. The van der Waals surface area contributed by atoms with Crippen LogP contribution in [0.15, 0.2) is 42.5 Å². The Balaban J connectivity index is 1.57. The van der Waals surface area contributed by atoms with Gasteiger partial charge in [0.2, 0.25) is 0 Å². The van der Waals surface area contributed by atoms with Crippen molar-refractivity contribution < 1.29 is 19.0 Å². The van der Waals surface area contributed by atoms with Crippen molar-refractivity contribution in [3.05, 3.63) is 59.3 Å². The van der Waals surface area contributed by atoms with Crippen LogP contribution in [0.5, 0.6) is 17.2 Å². The molecule has 0 unspecified atom stereocenters. The smallest absolute Gasteiger partial charge is 0.272 e. The molecule has 0 radical (unpaired) electrons. The fraction of sp³-hybridized carbons (Fsp3) is 0.273. The SMILES string of the molecule is COc1cc2c(cc1OC)CN(C(=O)c1cc(-c3ccccc3OC)n[nH]1)CC2. The first kappa shape index (κ1) is 18.9. The second-order valence-electron chi connectivity index (χ2n) is 6.82. The van der Waals surface area contributed by atoms with Crippen molar-refractivity contribution in [1.82, 2.24) is 15.1 Å². The third-order valence-electron chi connectivity index (χ3n) is 5.20. The minimum absolute atomic E-state index is 0.0842. The second kappa shape index (κ2) is 7.87. The highest BCUT2D eigenvalue weighted by molar-refractivity contribution is 5.93. The number of aromatic nitrogens is 2. The van der Waals surface area contributed by atoms with Gasteiger partial charge in [-0.1, -0.05) is 12.1 Å². The van der Waals surface area contributed by atoms with Crippen LogP contribution in [0.1, 0.15) is 21.6 Å². The molecule has 1 aliphatic heterocycles.